The Bertz CT molecular complexity index is 874. The van der Waals surface area contributed by atoms with Crippen LogP contribution in [-0.2, 0) is 4.84 Å². The lowest BCUT2D eigenvalue weighted by Crippen LogP contribution is -2.33. The first-order chi connectivity index (χ1) is 12.7. The number of aromatic nitrogens is 3. The van der Waals surface area contributed by atoms with Crippen molar-refractivity contribution >= 4 is 34.8 Å². The highest BCUT2D eigenvalue weighted by Gasteiger charge is 2.41. The van der Waals surface area contributed by atoms with E-state index >= 15 is 0 Å². The van der Waals surface area contributed by atoms with Gasteiger partial charge in [-0.05, 0) is 6.08 Å². The summed E-state index contributed by atoms with van der Waals surface area (Å²) in [5.74, 6) is 0.182. The van der Waals surface area contributed by atoms with E-state index in [-0.39, 0.29) is 24.6 Å². The molecule has 0 aliphatic carbocycles. The van der Waals surface area contributed by atoms with Crippen LogP contribution in [0.1, 0.15) is 9.67 Å². The Labute approximate surface area is 153 Å². The Kier molecular flexibility index (Phi) is 4.27. The molecule has 1 atom stereocenters. The summed E-state index contributed by atoms with van der Waals surface area (Å²) in [6.07, 6.45) is 6.81. The van der Waals surface area contributed by atoms with E-state index in [1.807, 2.05) is 6.08 Å². The fourth-order valence-electron chi connectivity index (χ4n) is 2.87. The number of carbonyl (C=O) groups excluding carboxylic acids is 2. The quantitative estimate of drug-likeness (QED) is 0.779. The predicted molar refractivity (Wildman–Crippen MR) is 95.3 cm³/mol. The normalized spacial score (nSPS) is 18.8. The summed E-state index contributed by atoms with van der Waals surface area (Å²) in [5.41, 5.74) is 2.44. The second-order valence-corrected chi connectivity index (χ2v) is 6.65. The van der Waals surface area contributed by atoms with Crippen LogP contribution in [0.3, 0.4) is 0 Å². The Morgan fingerprint density at radius 3 is 3.19 bits per heavy atom. The Morgan fingerprint density at radius 2 is 2.42 bits per heavy atom. The number of carbonyl (C=O) groups is 2. The summed E-state index contributed by atoms with van der Waals surface area (Å²) < 4.78 is 1.66. The number of urea groups is 1. The molecule has 0 spiro atoms. The molecule has 4 heterocycles. The third-order valence-electron chi connectivity index (χ3n) is 4.02. The molecule has 1 fully saturated rings. The van der Waals surface area contributed by atoms with Crippen molar-refractivity contribution in [1.29, 1.82) is 0 Å². The van der Waals surface area contributed by atoms with Gasteiger partial charge in [-0.3, -0.25) is 14.6 Å². The van der Waals surface area contributed by atoms with Crippen molar-refractivity contribution in [1.82, 2.24) is 24.7 Å². The SMILES string of the molecule is C=CCON1C(=O)N2CC(n3ccc(NC(=O)c4cncs4)n3)=CC1C2. The lowest BCUT2D eigenvalue weighted by atomic mass is 10.2. The molecule has 9 nitrogen and oxygen atoms in total. The van der Waals surface area contributed by atoms with Gasteiger partial charge in [0.1, 0.15) is 4.88 Å². The largest absolute Gasteiger partial charge is 0.345 e. The van der Waals surface area contributed by atoms with E-state index in [2.05, 4.69) is 22.0 Å². The maximum atomic E-state index is 12.3. The van der Waals surface area contributed by atoms with Crippen molar-refractivity contribution in [3.63, 3.8) is 0 Å². The van der Waals surface area contributed by atoms with Crippen LogP contribution in [-0.4, -0.2) is 62.4 Å². The minimum absolute atomic E-state index is 0.172. The summed E-state index contributed by atoms with van der Waals surface area (Å²) in [4.78, 5) is 35.9. The van der Waals surface area contributed by atoms with Crippen LogP contribution >= 0.6 is 11.3 Å². The van der Waals surface area contributed by atoms with Gasteiger partial charge >= 0.3 is 6.03 Å². The van der Waals surface area contributed by atoms with Gasteiger partial charge in [-0.2, -0.15) is 10.2 Å². The van der Waals surface area contributed by atoms with Crippen molar-refractivity contribution in [3.8, 4) is 0 Å². The number of thiazole rings is 1. The van der Waals surface area contributed by atoms with Crippen LogP contribution in [0.25, 0.3) is 5.70 Å². The molecule has 0 saturated carbocycles. The molecule has 3 amide bonds. The van der Waals surface area contributed by atoms with E-state index in [4.69, 9.17) is 4.84 Å². The van der Waals surface area contributed by atoms with Crippen LogP contribution in [0.2, 0.25) is 0 Å². The molecule has 2 bridgehead atoms. The van der Waals surface area contributed by atoms with Gasteiger partial charge in [-0.1, -0.05) is 6.08 Å². The third kappa shape index (κ3) is 3.00. The minimum Gasteiger partial charge on any atom is -0.314 e. The number of amides is 3. The minimum atomic E-state index is -0.252. The predicted octanol–water partition coefficient (Wildman–Crippen LogP) is 1.67. The summed E-state index contributed by atoms with van der Waals surface area (Å²) in [6.45, 7) is 4.87. The van der Waals surface area contributed by atoms with Crippen molar-refractivity contribution in [2.24, 2.45) is 0 Å². The van der Waals surface area contributed by atoms with Gasteiger partial charge < -0.3 is 10.2 Å². The third-order valence-corrected chi connectivity index (χ3v) is 4.79. The van der Waals surface area contributed by atoms with E-state index in [0.717, 1.165) is 5.70 Å². The van der Waals surface area contributed by atoms with Gasteiger partial charge in [0.2, 0.25) is 0 Å². The average Bonchev–Trinajstić information content (AvgIpc) is 3.36. The molecule has 134 valence electrons. The topological polar surface area (TPSA) is 92.6 Å². The monoisotopic (exact) mass is 372 g/mol. The molecule has 26 heavy (non-hydrogen) atoms. The Balaban J connectivity index is 1.49. The molecule has 4 rings (SSSR count). The molecule has 0 aromatic carbocycles. The van der Waals surface area contributed by atoms with Crippen LogP contribution in [0.5, 0.6) is 0 Å². The fraction of sp³-hybridized carbons (Fsp3) is 0.250. The summed E-state index contributed by atoms with van der Waals surface area (Å²) in [6, 6.07) is 1.36. The van der Waals surface area contributed by atoms with Gasteiger partial charge in [-0.15, -0.1) is 17.9 Å². The van der Waals surface area contributed by atoms with E-state index < -0.39 is 0 Å². The van der Waals surface area contributed by atoms with Crippen LogP contribution in [0, 0.1) is 0 Å². The summed E-state index contributed by atoms with van der Waals surface area (Å²) in [5, 5.41) is 8.48. The lowest BCUT2D eigenvalue weighted by molar-refractivity contribution is -0.107. The van der Waals surface area contributed by atoms with Gasteiger partial charge in [0, 0.05) is 18.8 Å². The average molecular weight is 372 g/mol. The standard InChI is InChI=1S/C16H16N6O3S/c1-2-5-25-22-12-6-11(8-20(9-12)16(22)24)21-4-3-14(19-21)18-15(23)13-7-17-10-26-13/h2-4,6-7,10,12H,1,5,8-9H2,(H,18,19,23). The second-order valence-electron chi connectivity index (χ2n) is 5.76. The smallest absolute Gasteiger partial charge is 0.314 e. The van der Waals surface area contributed by atoms with Crippen LogP contribution in [0.4, 0.5) is 10.6 Å². The lowest BCUT2D eigenvalue weighted by Gasteiger charge is -2.21. The van der Waals surface area contributed by atoms with E-state index in [1.54, 1.807) is 33.4 Å². The second kappa shape index (κ2) is 6.73. The molecule has 0 radical (unpaired) electrons. The fourth-order valence-corrected chi connectivity index (χ4v) is 3.39. The first-order valence-electron chi connectivity index (χ1n) is 7.94. The van der Waals surface area contributed by atoms with E-state index in [0.29, 0.717) is 23.8 Å². The van der Waals surface area contributed by atoms with E-state index in [9.17, 15) is 9.59 Å². The number of hydrogen-bond donors (Lipinski definition) is 1. The highest BCUT2D eigenvalue weighted by Crippen LogP contribution is 2.27. The summed E-state index contributed by atoms with van der Waals surface area (Å²) >= 11 is 1.26. The number of nitrogens with one attached hydrogen (secondary N) is 1. The van der Waals surface area contributed by atoms with Gasteiger partial charge in [0.25, 0.3) is 5.91 Å². The highest BCUT2D eigenvalue weighted by atomic mass is 32.1. The maximum absolute atomic E-state index is 12.3. The van der Waals surface area contributed by atoms with Crippen molar-refractivity contribution in [3.05, 3.63) is 47.6 Å². The van der Waals surface area contributed by atoms with Crippen molar-refractivity contribution in [2.75, 3.05) is 25.0 Å². The molecule has 1 saturated heterocycles. The summed E-state index contributed by atoms with van der Waals surface area (Å²) in [7, 11) is 0. The molecule has 2 aromatic rings. The van der Waals surface area contributed by atoms with Crippen molar-refractivity contribution in [2.45, 2.75) is 6.04 Å². The first kappa shape index (κ1) is 16.5. The van der Waals surface area contributed by atoms with Crippen LogP contribution < -0.4 is 5.32 Å². The van der Waals surface area contributed by atoms with Crippen molar-refractivity contribution < 1.29 is 14.4 Å². The number of hydroxylamine groups is 2. The molecule has 10 heteroatoms. The molecular weight excluding hydrogens is 356 g/mol. The van der Waals surface area contributed by atoms with Gasteiger partial charge in [0.05, 0.1) is 36.6 Å². The zero-order valence-corrected chi connectivity index (χ0v) is 14.6. The van der Waals surface area contributed by atoms with E-state index in [1.165, 1.54) is 22.6 Å². The molecule has 1 unspecified atom stereocenters. The number of rotatable bonds is 6. The maximum Gasteiger partial charge on any atom is 0.345 e. The van der Waals surface area contributed by atoms with Crippen LogP contribution in [0.15, 0.2) is 42.7 Å². The zero-order chi connectivity index (χ0) is 18.1. The first-order valence-corrected chi connectivity index (χ1v) is 8.82. The number of anilines is 1. The molecule has 1 N–H and O–H groups in total. The van der Waals surface area contributed by atoms with Gasteiger partial charge in [-0.25, -0.2) is 9.48 Å². The molecule has 2 aliphatic rings. The molecule has 2 aromatic heterocycles. The molecular formula is C16H16N6O3S. The number of fused-ring (bicyclic) bond motifs is 2. The Hall–Kier alpha value is -2.98. The van der Waals surface area contributed by atoms with Gasteiger partial charge in [0.15, 0.2) is 5.82 Å². The zero-order valence-electron chi connectivity index (χ0n) is 13.7. The Morgan fingerprint density at radius 1 is 1.54 bits per heavy atom. The number of hydrogen-bond acceptors (Lipinski definition) is 6. The molecule has 2 aliphatic heterocycles. The number of nitrogens with zero attached hydrogens (tertiary/aromatic N) is 5. The highest BCUT2D eigenvalue weighted by molar-refractivity contribution is 7.11.